The van der Waals surface area contributed by atoms with Crippen LogP contribution >= 0.6 is 11.3 Å². The molecule has 3 rings (SSSR count). The first kappa shape index (κ1) is 21.8. The average Bonchev–Trinajstić information content (AvgIpc) is 3.23. The summed E-state index contributed by atoms with van der Waals surface area (Å²) in [7, 11) is -3.53. The van der Waals surface area contributed by atoms with E-state index in [-0.39, 0.29) is 47.7 Å². The predicted molar refractivity (Wildman–Crippen MR) is 104 cm³/mol. The molecule has 0 radical (unpaired) electrons. The molecule has 5 nitrogen and oxygen atoms in total. The maximum atomic E-state index is 13.0. The third-order valence-corrected chi connectivity index (χ3v) is 8.20. The highest BCUT2D eigenvalue weighted by Crippen LogP contribution is 2.32. The van der Waals surface area contributed by atoms with Crippen molar-refractivity contribution in [2.45, 2.75) is 29.6 Å². The van der Waals surface area contributed by atoms with Crippen LogP contribution in [0.5, 0.6) is 0 Å². The Kier molecular flexibility index (Phi) is 6.65. The third-order valence-electron chi connectivity index (χ3n) is 4.93. The Hall–Kier alpha value is -1.91. The van der Waals surface area contributed by atoms with Crippen LogP contribution in [0.1, 0.15) is 24.0 Å². The van der Waals surface area contributed by atoms with Crippen molar-refractivity contribution in [3.63, 3.8) is 0 Å². The van der Waals surface area contributed by atoms with E-state index in [4.69, 9.17) is 0 Å². The first-order valence-corrected chi connectivity index (χ1v) is 11.5. The van der Waals surface area contributed by atoms with Gasteiger partial charge in [-0.3, -0.25) is 4.79 Å². The third kappa shape index (κ3) is 5.18. The monoisotopic (exact) mass is 446 g/mol. The fourth-order valence-electron chi connectivity index (χ4n) is 3.38. The fraction of sp³-hybridized carbons (Fsp3) is 0.421. The molecule has 10 heteroatoms. The molecule has 1 aliphatic rings. The van der Waals surface area contributed by atoms with E-state index in [0.29, 0.717) is 12.8 Å². The first-order chi connectivity index (χ1) is 13.7. The molecule has 1 N–H and O–H groups in total. The van der Waals surface area contributed by atoms with E-state index < -0.39 is 21.8 Å². The Morgan fingerprint density at radius 2 is 1.83 bits per heavy atom. The number of carbonyl (C=O) groups is 1. The summed E-state index contributed by atoms with van der Waals surface area (Å²) in [5.74, 6) is -0.592. The fourth-order valence-corrected chi connectivity index (χ4v) is 5.99. The lowest BCUT2D eigenvalue weighted by molar-refractivity contribution is -0.138. The van der Waals surface area contributed by atoms with Crippen molar-refractivity contribution in [2.24, 2.45) is 5.92 Å². The molecular weight excluding hydrogens is 425 g/mol. The smallest absolute Gasteiger partial charge is 0.356 e. The number of hydrogen-bond donors (Lipinski definition) is 1. The molecule has 0 aliphatic carbocycles. The highest BCUT2D eigenvalue weighted by atomic mass is 32.2. The van der Waals surface area contributed by atoms with E-state index in [2.05, 4.69) is 5.32 Å². The number of piperidine rings is 1. The van der Waals surface area contributed by atoms with Gasteiger partial charge in [-0.2, -0.15) is 17.5 Å². The standard InChI is InChI=1S/C19H21F3N2O3S2/c20-19(21,22)16-5-2-1-4-14(16)7-10-23-18(25)15-8-11-24(12-9-15)29(26,27)17-6-3-13-28-17/h1-6,13,15H,7-12H2,(H,23,25). The van der Waals surface area contributed by atoms with Gasteiger partial charge in [0.15, 0.2) is 0 Å². The van der Waals surface area contributed by atoms with Crippen LogP contribution in [-0.4, -0.2) is 38.3 Å². The van der Waals surface area contributed by atoms with Crippen LogP contribution in [0, 0.1) is 5.92 Å². The summed E-state index contributed by atoms with van der Waals surface area (Å²) < 4.78 is 65.7. The Balaban J connectivity index is 1.50. The molecule has 1 aromatic carbocycles. The number of hydrogen-bond acceptors (Lipinski definition) is 4. The van der Waals surface area contributed by atoms with E-state index in [1.54, 1.807) is 17.5 Å². The van der Waals surface area contributed by atoms with Crippen LogP contribution in [0.3, 0.4) is 0 Å². The predicted octanol–water partition coefficient (Wildman–Crippen LogP) is 3.53. The largest absolute Gasteiger partial charge is 0.416 e. The summed E-state index contributed by atoms with van der Waals surface area (Å²) in [6.45, 7) is 0.587. The van der Waals surface area contributed by atoms with Crippen molar-refractivity contribution in [1.29, 1.82) is 0 Å². The lowest BCUT2D eigenvalue weighted by Gasteiger charge is -2.30. The Bertz CT molecular complexity index is 936. The summed E-state index contributed by atoms with van der Waals surface area (Å²) in [6, 6.07) is 8.54. The molecular formula is C19H21F3N2O3S2. The van der Waals surface area contributed by atoms with Crippen molar-refractivity contribution < 1.29 is 26.4 Å². The molecule has 2 heterocycles. The van der Waals surface area contributed by atoms with Crippen molar-refractivity contribution in [3.05, 3.63) is 52.9 Å². The number of sulfonamides is 1. The van der Waals surface area contributed by atoms with Crippen LogP contribution in [0.4, 0.5) is 13.2 Å². The van der Waals surface area contributed by atoms with Crippen molar-refractivity contribution in [2.75, 3.05) is 19.6 Å². The molecule has 0 spiro atoms. The summed E-state index contributed by atoms with van der Waals surface area (Å²) in [6.07, 6.45) is -3.58. The molecule has 2 aromatic rings. The molecule has 29 heavy (non-hydrogen) atoms. The van der Waals surface area contributed by atoms with Gasteiger partial charge in [0, 0.05) is 25.6 Å². The zero-order chi connectivity index (χ0) is 21.1. The number of halogens is 3. The van der Waals surface area contributed by atoms with Gasteiger partial charge in [0.25, 0.3) is 10.0 Å². The van der Waals surface area contributed by atoms with Gasteiger partial charge >= 0.3 is 6.18 Å². The molecule has 0 atom stereocenters. The topological polar surface area (TPSA) is 66.5 Å². The van der Waals surface area contributed by atoms with Gasteiger partial charge in [0.1, 0.15) is 4.21 Å². The summed E-state index contributed by atoms with van der Waals surface area (Å²) in [4.78, 5) is 12.4. The zero-order valence-electron chi connectivity index (χ0n) is 15.5. The molecule has 1 aliphatic heterocycles. The highest BCUT2D eigenvalue weighted by Gasteiger charge is 2.34. The molecule has 1 aromatic heterocycles. The van der Waals surface area contributed by atoms with Gasteiger partial charge in [-0.25, -0.2) is 8.42 Å². The van der Waals surface area contributed by atoms with Gasteiger partial charge in [-0.15, -0.1) is 11.3 Å². The number of benzene rings is 1. The van der Waals surface area contributed by atoms with Gasteiger partial charge in [-0.05, 0) is 42.3 Å². The molecule has 158 valence electrons. The first-order valence-electron chi connectivity index (χ1n) is 9.16. The normalized spacial score (nSPS) is 16.7. The number of thiophene rings is 1. The second-order valence-electron chi connectivity index (χ2n) is 6.81. The van der Waals surface area contributed by atoms with Crippen LogP contribution in [0.2, 0.25) is 0 Å². The van der Waals surface area contributed by atoms with E-state index in [9.17, 15) is 26.4 Å². The summed E-state index contributed by atoms with van der Waals surface area (Å²) >= 11 is 1.15. The van der Waals surface area contributed by atoms with E-state index in [1.807, 2.05) is 0 Å². The maximum absolute atomic E-state index is 13.0. The Morgan fingerprint density at radius 3 is 2.45 bits per heavy atom. The summed E-state index contributed by atoms with van der Waals surface area (Å²) in [5, 5.41) is 4.39. The van der Waals surface area contributed by atoms with Crippen LogP contribution < -0.4 is 5.32 Å². The molecule has 1 amide bonds. The van der Waals surface area contributed by atoms with Crippen molar-refractivity contribution in [3.8, 4) is 0 Å². The van der Waals surface area contributed by atoms with E-state index >= 15 is 0 Å². The quantitative estimate of drug-likeness (QED) is 0.738. The number of nitrogens with one attached hydrogen (secondary N) is 1. The lowest BCUT2D eigenvalue weighted by Crippen LogP contribution is -2.43. The van der Waals surface area contributed by atoms with E-state index in [0.717, 1.165) is 17.4 Å². The number of rotatable bonds is 6. The number of carbonyl (C=O) groups excluding carboxylic acids is 1. The van der Waals surface area contributed by atoms with Crippen LogP contribution in [0.25, 0.3) is 0 Å². The molecule has 1 saturated heterocycles. The SMILES string of the molecule is O=C(NCCc1ccccc1C(F)(F)F)C1CCN(S(=O)(=O)c2cccs2)CC1. The Labute approximate surface area is 171 Å². The average molecular weight is 447 g/mol. The molecule has 0 bridgehead atoms. The number of amides is 1. The van der Waals surface area contributed by atoms with Gasteiger partial charge < -0.3 is 5.32 Å². The summed E-state index contributed by atoms with van der Waals surface area (Å²) in [5.41, 5.74) is -0.557. The van der Waals surface area contributed by atoms with Crippen LogP contribution in [0.15, 0.2) is 46.0 Å². The minimum Gasteiger partial charge on any atom is -0.356 e. The molecule has 0 unspecified atom stereocenters. The second kappa shape index (κ2) is 8.85. The lowest BCUT2D eigenvalue weighted by atomic mass is 9.97. The van der Waals surface area contributed by atoms with Gasteiger partial charge in [-0.1, -0.05) is 24.3 Å². The van der Waals surface area contributed by atoms with E-state index in [1.165, 1.54) is 22.5 Å². The zero-order valence-corrected chi connectivity index (χ0v) is 17.1. The maximum Gasteiger partial charge on any atom is 0.416 e. The minimum absolute atomic E-state index is 0.0764. The van der Waals surface area contributed by atoms with Gasteiger partial charge in [0.2, 0.25) is 5.91 Å². The number of alkyl halides is 3. The molecule has 1 fully saturated rings. The Morgan fingerprint density at radius 1 is 1.14 bits per heavy atom. The second-order valence-corrected chi connectivity index (χ2v) is 9.92. The highest BCUT2D eigenvalue weighted by molar-refractivity contribution is 7.91. The number of nitrogens with zero attached hydrogens (tertiary/aromatic N) is 1. The van der Waals surface area contributed by atoms with Crippen LogP contribution in [-0.2, 0) is 27.4 Å². The van der Waals surface area contributed by atoms with Crippen molar-refractivity contribution >= 4 is 27.3 Å². The van der Waals surface area contributed by atoms with Crippen molar-refractivity contribution in [1.82, 2.24) is 9.62 Å². The van der Waals surface area contributed by atoms with Gasteiger partial charge in [0.05, 0.1) is 5.56 Å². The molecule has 0 saturated carbocycles. The minimum atomic E-state index is -4.43.